The Morgan fingerprint density at radius 3 is 2.44 bits per heavy atom. The minimum atomic E-state index is -0.298. The summed E-state index contributed by atoms with van der Waals surface area (Å²) in [6.45, 7) is 7.51. The van der Waals surface area contributed by atoms with Crippen molar-refractivity contribution in [3.8, 4) is 0 Å². The molecule has 6 nitrogen and oxygen atoms in total. The van der Waals surface area contributed by atoms with Gasteiger partial charge in [0, 0.05) is 18.5 Å². The number of aliphatic imine (C=N–C) groups is 1. The summed E-state index contributed by atoms with van der Waals surface area (Å²) in [7, 11) is 1.73. The molecule has 0 atom stereocenters. The molecule has 0 aliphatic rings. The average molecular weight is 360 g/mol. The number of aryl methyl sites for hydroxylation is 2. The van der Waals surface area contributed by atoms with Crippen LogP contribution in [0.4, 0.5) is 0 Å². The lowest BCUT2D eigenvalue weighted by Crippen LogP contribution is -2.36. The summed E-state index contributed by atoms with van der Waals surface area (Å²) in [5, 5.41) is 7.54. The third kappa shape index (κ3) is 5.56. The molecule has 0 saturated heterocycles. The van der Waals surface area contributed by atoms with Crippen LogP contribution in [0.5, 0.6) is 0 Å². The van der Waals surface area contributed by atoms with Crippen molar-refractivity contribution in [2.24, 2.45) is 4.99 Å². The molecule has 1 aromatic heterocycles. The summed E-state index contributed by atoms with van der Waals surface area (Å²) >= 11 is 1.69. The lowest BCUT2D eigenvalue weighted by atomic mass is 10.1. The van der Waals surface area contributed by atoms with Gasteiger partial charge in [0.15, 0.2) is 5.96 Å². The predicted octanol–water partition coefficient (Wildman–Crippen LogP) is 2.80. The highest BCUT2D eigenvalue weighted by atomic mass is 32.1. The van der Waals surface area contributed by atoms with E-state index in [-0.39, 0.29) is 5.97 Å². The largest absolute Gasteiger partial charge is 0.462 e. The number of ether oxygens (including phenoxy) is 1. The van der Waals surface area contributed by atoms with Crippen molar-refractivity contribution in [1.82, 2.24) is 15.6 Å². The van der Waals surface area contributed by atoms with E-state index in [0.717, 1.165) is 16.3 Å². The van der Waals surface area contributed by atoms with Gasteiger partial charge in [-0.05, 0) is 38.5 Å². The maximum absolute atomic E-state index is 11.6. The second-order valence-corrected chi connectivity index (χ2v) is 6.73. The molecule has 0 amide bonds. The number of nitrogens with one attached hydrogen (secondary N) is 2. The van der Waals surface area contributed by atoms with E-state index >= 15 is 0 Å². The number of esters is 1. The Balaban J connectivity index is 1.84. The highest BCUT2D eigenvalue weighted by Crippen LogP contribution is 2.15. The smallest absolute Gasteiger partial charge is 0.338 e. The lowest BCUT2D eigenvalue weighted by Gasteiger charge is -2.11. The molecular weight excluding hydrogens is 336 g/mol. The second kappa shape index (κ2) is 9.17. The normalized spacial score (nSPS) is 11.3. The molecular formula is C18H24N4O2S. The van der Waals surface area contributed by atoms with Crippen molar-refractivity contribution in [3.63, 3.8) is 0 Å². The van der Waals surface area contributed by atoms with Crippen molar-refractivity contribution < 1.29 is 9.53 Å². The first-order valence-electron chi connectivity index (χ1n) is 8.17. The molecule has 0 unspecified atom stereocenters. The van der Waals surface area contributed by atoms with Gasteiger partial charge in [-0.2, -0.15) is 0 Å². The third-order valence-electron chi connectivity index (χ3n) is 3.63. The number of hydrogen-bond donors (Lipinski definition) is 2. The van der Waals surface area contributed by atoms with Crippen molar-refractivity contribution in [1.29, 1.82) is 0 Å². The number of rotatable bonds is 6. The van der Waals surface area contributed by atoms with Gasteiger partial charge in [0.25, 0.3) is 0 Å². The quantitative estimate of drug-likeness (QED) is 0.471. The molecule has 0 bridgehead atoms. The van der Waals surface area contributed by atoms with Gasteiger partial charge in [-0.3, -0.25) is 4.99 Å². The standard InChI is InChI=1S/C18H24N4O2S/c1-5-24-17(23)15-8-6-14(7-9-15)10-20-18(19-4)21-11-16-22-12(2)13(3)25-16/h6-9H,5,10-11H2,1-4H3,(H2,19,20,21). The van der Waals surface area contributed by atoms with Crippen LogP contribution >= 0.6 is 11.3 Å². The fraction of sp³-hybridized carbons (Fsp3) is 0.389. The van der Waals surface area contributed by atoms with E-state index in [4.69, 9.17) is 4.74 Å². The van der Waals surface area contributed by atoms with Crippen LogP contribution in [0.3, 0.4) is 0 Å². The molecule has 25 heavy (non-hydrogen) atoms. The molecule has 2 N–H and O–H groups in total. The summed E-state index contributed by atoms with van der Waals surface area (Å²) in [4.78, 5) is 21.6. The molecule has 7 heteroatoms. The topological polar surface area (TPSA) is 75.6 Å². The van der Waals surface area contributed by atoms with E-state index in [0.29, 0.717) is 31.2 Å². The number of carbonyl (C=O) groups excluding carboxylic acids is 1. The molecule has 0 fully saturated rings. The lowest BCUT2D eigenvalue weighted by molar-refractivity contribution is 0.0526. The van der Waals surface area contributed by atoms with Crippen molar-refractivity contribution in [2.45, 2.75) is 33.9 Å². The van der Waals surface area contributed by atoms with Crippen LogP contribution in [0.15, 0.2) is 29.3 Å². The highest BCUT2D eigenvalue weighted by molar-refractivity contribution is 7.11. The average Bonchev–Trinajstić information content (AvgIpc) is 2.93. The van der Waals surface area contributed by atoms with E-state index in [9.17, 15) is 4.79 Å². The molecule has 0 aliphatic carbocycles. The van der Waals surface area contributed by atoms with Crippen LogP contribution in [0.1, 0.15) is 38.4 Å². The fourth-order valence-electron chi connectivity index (χ4n) is 2.15. The molecule has 2 rings (SSSR count). The first-order valence-corrected chi connectivity index (χ1v) is 8.98. The van der Waals surface area contributed by atoms with Crippen molar-refractivity contribution in [3.05, 3.63) is 51.0 Å². The first kappa shape index (κ1) is 18.9. The highest BCUT2D eigenvalue weighted by Gasteiger charge is 2.07. The van der Waals surface area contributed by atoms with Gasteiger partial charge in [0.05, 0.1) is 24.4 Å². The van der Waals surface area contributed by atoms with Gasteiger partial charge in [-0.25, -0.2) is 9.78 Å². The van der Waals surface area contributed by atoms with Gasteiger partial charge in [0.1, 0.15) is 5.01 Å². The number of guanidine groups is 1. The number of aromatic nitrogens is 1. The molecule has 0 radical (unpaired) electrons. The number of carbonyl (C=O) groups is 1. The Labute approximate surface area is 152 Å². The Hall–Kier alpha value is -2.41. The van der Waals surface area contributed by atoms with Gasteiger partial charge >= 0.3 is 5.97 Å². The van der Waals surface area contributed by atoms with Crippen LogP contribution < -0.4 is 10.6 Å². The van der Waals surface area contributed by atoms with Crippen LogP contribution in [-0.4, -0.2) is 30.6 Å². The number of nitrogens with zero attached hydrogens (tertiary/aromatic N) is 2. The molecule has 0 saturated carbocycles. The van der Waals surface area contributed by atoms with E-state index in [1.54, 1.807) is 37.4 Å². The zero-order chi connectivity index (χ0) is 18.2. The Morgan fingerprint density at radius 2 is 1.88 bits per heavy atom. The van der Waals surface area contributed by atoms with Crippen LogP contribution in [0.2, 0.25) is 0 Å². The maximum Gasteiger partial charge on any atom is 0.338 e. The molecule has 1 heterocycles. The van der Waals surface area contributed by atoms with Gasteiger partial charge in [0.2, 0.25) is 0 Å². The molecule has 134 valence electrons. The SMILES string of the molecule is CCOC(=O)c1ccc(CNC(=NC)NCc2nc(C)c(C)s2)cc1. The summed E-state index contributed by atoms with van der Waals surface area (Å²) < 4.78 is 4.98. The van der Waals surface area contributed by atoms with Gasteiger partial charge in [-0.1, -0.05) is 12.1 Å². The van der Waals surface area contributed by atoms with E-state index in [1.807, 2.05) is 19.1 Å². The third-order valence-corrected chi connectivity index (χ3v) is 4.70. The van der Waals surface area contributed by atoms with Crippen molar-refractivity contribution >= 4 is 23.3 Å². The molecule has 1 aromatic carbocycles. The van der Waals surface area contributed by atoms with E-state index < -0.39 is 0 Å². The molecule has 0 spiro atoms. The minimum absolute atomic E-state index is 0.298. The zero-order valence-corrected chi connectivity index (χ0v) is 15.9. The summed E-state index contributed by atoms with van der Waals surface area (Å²) in [6.07, 6.45) is 0. The number of hydrogen-bond acceptors (Lipinski definition) is 5. The predicted molar refractivity (Wildman–Crippen MR) is 101 cm³/mol. The van der Waals surface area contributed by atoms with Crippen LogP contribution in [0.25, 0.3) is 0 Å². The Kier molecular flexibility index (Phi) is 6.94. The van der Waals surface area contributed by atoms with Gasteiger partial charge in [-0.15, -0.1) is 11.3 Å². The minimum Gasteiger partial charge on any atom is -0.462 e. The van der Waals surface area contributed by atoms with Crippen LogP contribution in [-0.2, 0) is 17.8 Å². The fourth-order valence-corrected chi connectivity index (χ4v) is 3.03. The monoisotopic (exact) mass is 360 g/mol. The van der Waals surface area contributed by atoms with E-state index in [2.05, 4.69) is 27.5 Å². The maximum atomic E-state index is 11.6. The molecule has 2 aromatic rings. The summed E-state index contributed by atoms with van der Waals surface area (Å²) in [6, 6.07) is 7.35. The first-order chi connectivity index (χ1) is 12.0. The summed E-state index contributed by atoms with van der Waals surface area (Å²) in [5.41, 5.74) is 2.69. The Morgan fingerprint density at radius 1 is 1.20 bits per heavy atom. The van der Waals surface area contributed by atoms with Crippen molar-refractivity contribution in [2.75, 3.05) is 13.7 Å². The zero-order valence-electron chi connectivity index (χ0n) is 15.0. The molecule has 0 aliphatic heterocycles. The number of thiazole rings is 1. The van der Waals surface area contributed by atoms with Crippen LogP contribution in [0, 0.1) is 13.8 Å². The summed E-state index contributed by atoms with van der Waals surface area (Å²) in [5.74, 6) is 0.411. The van der Waals surface area contributed by atoms with Gasteiger partial charge < -0.3 is 15.4 Å². The van der Waals surface area contributed by atoms with E-state index in [1.165, 1.54) is 4.88 Å². The number of benzene rings is 1. The Bertz CT molecular complexity index is 719. The second-order valence-electron chi connectivity index (χ2n) is 5.45.